The van der Waals surface area contributed by atoms with E-state index in [0.717, 1.165) is 5.75 Å². The SMILES string of the molecule is CC(O)C(=S)CC(=O)N1CCSC1=S. The highest BCUT2D eigenvalue weighted by Crippen LogP contribution is 2.18. The molecule has 78 valence electrons. The molecule has 1 aliphatic heterocycles. The van der Waals surface area contributed by atoms with Crippen LogP contribution in [0.5, 0.6) is 0 Å². The third-order valence-electron chi connectivity index (χ3n) is 1.85. The second-order valence-electron chi connectivity index (χ2n) is 2.98. The Balaban J connectivity index is 2.50. The van der Waals surface area contributed by atoms with E-state index in [1.165, 1.54) is 11.8 Å². The highest BCUT2D eigenvalue weighted by atomic mass is 32.2. The minimum Gasteiger partial charge on any atom is -0.388 e. The Labute approximate surface area is 97.8 Å². The van der Waals surface area contributed by atoms with Gasteiger partial charge in [-0.05, 0) is 6.92 Å². The largest absolute Gasteiger partial charge is 0.388 e. The molecule has 0 aliphatic carbocycles. The van der Waals surface area contributed by atoms with Crippen LogP contribution in [0.25, 0.3) is 0 Å². The van der Waals surface area contributed by atoms with Crippen LogP contribution in [0.4, 0.5) is 0 Å². The number of hydrogen-bond acceptors (Lipinski definition) is 5. The molecule has 1 rings (SSSR count). The van der Waals surface area contributed by atoms with Gasteiger partial charge in [0, 0.05) is 17.2 Å². The van der Waals surface area contributed by atoms with E-state index in [4.69, 9.17) is 29.5 Å². The summed E-state index contributed by atoms with van der Waals surface area (Å²) in [4.78, 5) is 13.5. The molecule has 0 aromatic carbocycles. The zero-order chi connectivity index (χ0) is 10.7. The van der Waals surface area contributed by atoms with Crippen molar-refractivity contribution in [2.75, 3.05) is 12.3 Å². The first-order chi connectivity index (χ1) is 6.52. The summed E-state index contributed by atoms with van der Waals surface area (Å²) in [6.45, 7) is 2.22. The van der Waals surface area contributed by atoms with Crippen LogP contribution >= 0.6 is 36.2 Å². The number of thiocarbonyl (C=S) groups is 2. The normalized spacial score (nSPS) is 18.4. The highest BCUT2D eigenvalue weighted by Gasteiger charge is 2.25. The minimum atomic E-state index is -0.710. The molecule has 0 aromatic heterocycles. The fourth-order valence-corrected chi connectivity index (χ4v) is 2.38. The summed E-state index contributed by atoms with van der Waals surface area (Å²) in [7, 11) is 0. The van der Waals surface area contributed by atoms with Crippen LogP contribution in [0, 0.1) is 0 Å². The third kappa shape index (κ3) is 2.98. The molecule has 14 heavy (non-hydrogen) atoms. The van der Waals surface area contributed by atoms with Crippen molar-refractivity contribution in [1.29, 1.82) is 0 Å². The van der Waals surface area contributed by atoms with Crippen LogP contribution in [-0.4, -0.2) is 43.5 Å². The Morgan fingerprint density at radius 3 is 2.86 bits per heavy atom. The van der Waals surface area contributed by atoms with E-state index < -0.39 is 6.10 Å². The van der Waals surface area contributed by atoms with E-state index in [-0.39, 0.29) is 12.3 Å². The number of aliphatic hydroxyl groups is 1. The van der Waals surface area contributed by atoms with Gasteiger partial charge < -0.3 is 5.11 Å². The summed E-state index contributed by atoms with van der Waals surface area (Å²) >= 11 is 11.4. The van der Waals surface area contributed by atoms with Gasteiger partial charge in [0.05, 0.1) is 12.5 Å². The van der Waals surface area contributed by atoms with E-state index in [9.17, 15) is 4.79 Å². The molecule has 0 aromatic rings. The summed E-state index contributed by atoms with van der Waals surface area (Å²) in [6.07, 6.45) is -0.606. The maximum atomic E-state index is 11.6. The van der Waals surface area contributed by atoms with Gasteiger partial charge >= 0.3 is 0 Å². The van der Waals surface area contributed by atoms with Crippen molar-refractivity contribution in [2.45, 2.75) is 19.4 Å². The van der Waals surface area contributed by atoms with Gasteiger partial charge in [-0.2, -0.15) is 0 Å². The Hall–Kier alpha value is -0.0400. The predicted molar refractivity (Wildman–Crippen MR) is 65.7 cm³/mol. The number of carbonyl (C=O) groups is 1. The van der Waals surface area contributed by atoms with Crippen LogP contribution in [-0.2, 0) is 4.79 Å². The lowest BCUT2D eigenvalue weighted by Gasteiger charge is -2.15. The van der Waals surface area contributed by atoms with Crippen molar-refractivity contribution in [2.24, 2.45) is 0 Å². The lowest BCUT2D eigenvalue weighted by atomic mass is 10.2. The van der Waals surface area contributed by atoms with E-state index in [2.05, 4.69) is 0 Å². The van der Waals surface area contributed by atoms with Crippen molar-refractivity contribution in [3.8, 4) is 0 Å². The lowest BCUT2D eigenvalue weighted by Crippen LogP contribution is -2.33. The fourth-order valence-electron chi connectivity index (χ4n) is 1.01. The second kappa shape index (κ2) is 5.16. The molecule has 6 heteroatoms. The number of carbonyl (C=O) groups excluding carboxylic acids is 1. The lowest BCUT2D eigenvalue weighted by molar-refractivity contribution is -0.125. The quantitative estimate of drug-likeness (QED) is 0.755. The van der Waals surface area contributed by atoms with Crippen LogP contribution in [0.3, 0.4) is 0 Å². The maximum absolute atomic E-state index is 11.6. The second-order valence-corrected chi connectivity index (χ2v) is 5.23. The summed E-state index contributed by atoms with van der Waals surface area (Å²) in [6, 6.07) is 0. The summed E-state index contributed by atoms with van der Waals surface area (Å²) < 4.78 is 0.614. The monoisotopic (exact) mass is 249 g/mol. The average molecular weight is 249 g/mol. The van der Waals surface area contributed by atoms with Gasteiger partial charge in [-0.1, -0.05) is 36.2 Å². The number of thioether (sulfide) groups is 1. The standard InChI is InChI=1S/C8H11NO2S3/c1-5(10)6(12)4-7(11)9-2-3-14-8(9)13/h5,10H,2-4H2,1H3. The topological polar surface area (TPSA) is 40.5 Å². The summed E-state index contributed by atoms with van der Waals surface area (Å²) in [5, 5.41) is 9.13. The number of aliphatic hydroxyl groups excluding tert-OH is 1. The molecule has 1 amide bonds. The zero-order valence-corrected chi connectivity index (χ0v) is 10.2. The van der Waals surface area contributed by atoms with E-state index in [0.29, 0.717) is 15.7 Å². The molecule has 1 saturated heterocycles. The molecule has 1 fully saturated rings. The van der Waals surface area contributed by atoms with E-state index >= 15 is 0 Å². The van der Waals surface area contributed by atoms with Gasteiger partial charge in [0.2, 0.25) is 5.91 Å². The molecule has 0 saturated carbocycles. The van der Waals surface area contributed by atoms with Crippen LogP contribution in [0.1, 0.15) is 13.3 Å². The van der Waals surface area contributed by atoms with Crippen molar-refractivity contribution in [3.63, 3.8) is 0 Å². The Bertz CT molecular complexity index is 278. The van der Waals surface area contributed by atoms with Gasteiger partial charge in [-0.3, -0.25) is 9.69 Å². The Morgan fingerprint density at radius 2 is 2.43 bits per heavy atom. The van der Waals surface area contributed by atoms with Gasteiger partial charge in [-0.25, -0.2) is 0 Å². The van der Waals surface area contributed by atoms with Crippen molar-refractivity contribution >= 4 is 51.3 Å². The number of hydrogen-bond donors (Lipinski definition) is 1. The average Bonchev–Trinajstić information content (AvgIpc) is 2.51. The molecule has 3 nitrogen and oxygen atoms in total. The highest BCUT2D eigenvalue weighted by molar-refractivity contribution is 8.23. The van der Waals surface area contributed by atoms with Crippen molar-refractivity contribution < 1.29 is 9.90 Å². The molecule has 1 unspecified atom stereocenters. The van der Waals surface area contributed by atoms with Gasteiger partial charge in [-0.15, -0.1) is 0 Å². The van der Waals surface area contributed by atoms with Gasteiger partial charge in [0.25, 0.3) is 0 Å². The van der Waals surface area contributed by atoms with Crippen LogP contribution in [0.2, 0.25) is 0 Å². The van der Waals surface area contributed by atoms with Gasteiger partial charge in [0.15, 0.2) is 0 Å². The first-order valence-electron chi connectivity index (χ1n) is 4.20. The smallest absolute Gasteiger partial charge is 0.233 e. The molecular formula is C8H11NO2S3. The third-order valence-corrected chi connectivity index (χ3v) is 3.77. The molecule has 1 heterocycles. The number of nitrogens with zero attached hydrogens (tertiary/aromatic N) is 1. The Kier molecular flexibility index (Phi) is 4.43. The molecular weight excluding hydrogens is 238 g/mol. The van der Waals surface area contributed by atoms with Crippen molar-refractivity contribution in [3.05, 3.63) is 0 Å². The molecule has 0 radical (unpaired) electrons. The van der Waals surface area contributed by atoms with E-state index in [1.54, 1.807) is 11.8 Å². The molecule has 1 N–H and O–H groups in total. The van der Waals surface area contributed by atoms with Crippen LogP contribution in [0.15, 0.2) is 0 Å². The van der Waals surface area contributed by atoms with Crippen LogP contribution < -0.4 is 0 Å². The number of amides is 1. The fraction of sp³-hybridized carbons (Fsp3) is 0.625. The summed E-state index contributed by atoms with van der Waals surface area (Å²) in [5.74, 6) is 0.748. The Morgan fingerprint density at radius 1 is 1.79 bits per heavy atom. The molecule has 1 atom stereocenters. The first-order valence-corrected chi connectivity index (χ1v) is 6.00. The zero-order valence-electron chi connectivity index (χ0n) is 7.73. The van der Waals surface area contributed by atoms with Gasteiger partial charge in [0.1, 0.15) is 4.32 Å². The number of rotatable bonds is 3. The maximum Gasteiger partial charge on any atom is 0.233 e. The molecule has 0 bridgehead atoms. The molecule has 1 aliphatic rings. The van der Waals surface area contributed by atoms with E-state index in [1.807, 2.05) is 0 Å². The first kappa shape index (κ1) is 12.0. The minimum absolute atomic E-state index is 0.105. The predicted octanol–water partition coefficient (Wildman–Crippen LogP) is 0.987. The molecule has 0 spiro atoms. The summed E-state index contributed by atoms with van der Waals surface area (Å²) in [5.41, 5.74) is 0. The van der Waals surface area contributed by atoms with Crippen molar-refractivity contribution in [1.82, 2.24) is 4.90 Å².